The van der Waals surface area contributed by atoms with Crippen LogP contribution in [0.2, 0.25) is 0 Å². The molecule has 0 amide bonds. The van der Waals surface area contributed by atoms with Crippen molar-refractivity contribution in [2.24, 2.45) is 5.92 Å². The first-order valence-corrected chi connectivity index (χ1v) is 8.02. The summed E-state index contributed by atoms with van der Waals surface area (Å²) in [5.74, 6) is 1.73. The summed E-state index contributed by atoms with van der Waals surface area (Å²) in [7, 11) is 0. The van der Waals surface area contributed by atoms with Crippen LogP contribution in [0.1, 0.15) is 31.6 Å². The van der Waals surface area contributed by atoms with Gasteiger partial charge in [-0.05, 0) is 56.5 Å². The predicted molar refractivity (Wildman–Crippen MR) is 83.9 cm³/mol. The van der Waals surface area contributed by atoms with Gasteiger partial charge in [-0.3, -0.25) is 0 Å². The Morgan fingerprint density at radius 1 is 1.30 bits per heavy atom. The molecule has 0 spiro atoms. The van der Waals surface area contributed by atoms with Crippen LogP contribution in [-0.4, -0.2) is 19.8 Å². The molecule has 20 heavy (non-hydrogen) atoms. The molecule has 1 atom stereocenters. The zero-order chi connectivity index (χ0) is 13.9. The number of hydrogen-bond donors (Lipinski definition) is 1. The van der Waals surface area contributed by atoms with Crippen molar-refractivity contribution in [3.8, 4) is 0 Å². The molecule has 2 aromatic rings. The Hall–Kier alpha value is -0.840. The van der Waals surface area contributed by atoms with E-state index in [4.69, 9.17) is 9.15 Å². The van der Waals surface area contributed by atoms with Crippen LogP contribution in [0.15, 0.2) is 33.2 Å². The summed E-state index contributed by atoms with van der Waals surface area (Å²) in [6, 6.07) is 8.48. The van der Waals surface area contributed by atoms with Gasteiger partial charge in [-0.25, -0.2) is 0 Å². The summed E-state index contributed by atoms with van der Waals surface area (Å²) in [6.07, 6.45) is 2.32. The minimum atomic E-state index is 0.240. The fraction of sp³-hybridized carbons (Fsp3) is 0.500. The lowest BCUT2D eigenvalue weighted by Gasteiger charge is -2.23. The Labute approximate surface area is 127 Å². The van der Waals surface area contributed by atoms with E-state index in [-0.39, 0.29) is 6.04 Å². The second-order valence-corrected chi connectivity index (χ2v) is 6.43. The summed E-state index contributed by atoms with van der Waals surface area (Å²) in [5.41, 5.74) is 0.947. The monoisotopic (exact) mass is 337 g/mol. The highest BCUT2D eigenvalue weighted by Crippen LogP contribution is 2.26. The van der Waals surface area contributed by atoms with Crippen LogP contribution in [0, 0.1) is 5.92 Å². The quantitative estimate of drug-likeness (QED) is 0.904. The summed E-state index contributed by atoms with van der Waals surface area (Å²) in [5, 5.41) is 4.73. The molecule has 108 valence electrons. The molecule has 3 rings (SSSR count). The van der Waals surface area contributed by atoms with E-state index in [1.165, 1.54) is 0 Å². The molecule has 1 saturated heterocycles. The normalized spacial score (nSPS) is 18.5. The lowest BCUT2D eigenvalue weighted by Crippen LogP contribution is -2.29. The molecule has 4 heteroatoms. The average molecular weight is 338 g/mol. The summed E-state index contributed by atoms with van der Waals surface area (Å²) in [6.45, 7) is 5.00. The Balaban J connectivity index is 1.64. The van der Waals surface area contributed by atoms with Crippen LogP contribution in [0.25, 0.3) is 11.0 Å². The van der Waals surface area contributed by atoms with Gasteiger partial charge in [0.05, 0.1) is 6.04 Å². The third-order valence-electron chi connectivity index (χ3n) is 3.98. The molecular weight excluding hydrogens is 318 g/mol. The van der Waals surface area contributed by atoms with Gasteiger partial charge in [0.1, 0.15) is 11.3 Å². The van der Waals surface area contributed by atoms with Gasteiger partial charge in [0.15, 0.2) is 0 Å². The first-order valence-electron chi connectivity index (χ1n) is 7.22. The number of fused-ring (bicyclic) bond motifs is 1. The number of halogens is 1. The van der Waals surface area contributed by atoms with Gasteiger partial charge in [0, 0.05) is 23.1 Å². The van der Waals surface area contributed by atoms with Crippen LogP contribution >= 0.6 is 15.9 Å². The Kier molecular flexibility index (Phi) is 4.44. The van der Waals surface area contributed by atoms with E-state index >= 15 is 0 Å². The average Bonchev–Trinajstić information content (AvgIpc) is 2.89. The highest BCUT2D eigenvalue weighted by Gasteiger charge is 2.16. The van der Waals surface area contributed by atoms with E-state index < -0.39 is 0 Å². The van der Waals surface area contributed by atoms with E-state index in [9.17, 15) is 0 Å². The van der Waals surface area contributed by atoms with Crippen LogP contribution in [0.4, 0.5) is 0 Å². The van der Waals surface area contributed by atoms with Gasteiger partial charge in [-0.15, -0.1) is 0 Å². The molecule has 0 aliphatic carbocycles. The van der Waals surface area contributed by atoms with E-state index in [0.717, 1.165) is 59.7 Å². The van der Waals surface area contributed by atoms with Crippen LogP contribution in [0.3, 0.4) is 0 Å². The van der Waals surface area contributed by atoms with Crippen molar-refractivity contribution in [3.05, 3.63) is 34.5 Å². The molecule has 1 unspecified atom stereocenters. The second-order valence-electron chi connectivity index (χ2n) is 5.52. The van der Waals surface area contributed by atoms with Gasteiger partial charge < -0.3 is 14.5 Å². The number of rotatable bonds is 4. The highest BCUT2D eigenvalue weighted by atomic mass is 79.9. The third-order valence-corrected chi connectivity index (χ3v) is 4.47. The maximum absolute atomic E-state index is 5.92. The van der Waals surface area contributed by atoms with Gasteiger partial charge >= 0.3 is 0 Å². The van der Waals surface area contributed by atoms with Gasteiger partial charge in [-0.1, -0.05) is 15.9 Å². The van der Waals surface area contributed by atoms with Crippen LogP contribution in [0.5, 0.6) is 0 Å². The largest absolute Gasteiger partial charge is 0.459 e. The van der Waals surface area contributed by atoms with Crippen molar-refractivity contribution in [3.63, 3.8) is 0 Å². The molecule has 1 aromatic heterocycles. The molecule has 1 aliphatic rings. The van der Waals surface area contributed by atoms with Gasteiger partial charge in [0.2, 0.25) is 0 Å². The van der Waals surface area contributed by atoms with Crippen LogP contribution in [-0.2, 0) is 4.74 Å². The molecule has 3 nitrogen and oxygen atoms in total. The fourth-order valence-corrected chi connectivity index (χ4v) is 3.02. The summed E-state index contributed by atoms with van der Waals surface area (Å²) < 4.78 is 12.4. The number of benzene rings is 1. The third kappa shape index (κ3) is 3.25. The molecule has 1 aliphatic heterocycles. The topological polar surface area (TPSA) is 34.4 Å². The summed E-state index contributed by atoms with van der Waals surface area (Å²) in [4.78, 5) is 0. The van der Waals surface area contributed by atoms with Crippen LogP contribution < -0.4 is 5.32 Å². The number of ether oxygens (including phenoxy) is 1. The number of furan rings is 1. The lowest BCUT2D eigenvalue weighted by molar-refractivity contribution is 0.0654. The number of nitrogens with one attached hydrogen (secondary N) is 1. The van der Waals surface area contributed by atoms with E-state index in [1.807, 2.05) is 12.1 Å². The maximum atomic E-state index is 5.92. The highest BCUT2D eigenvalue weighted by molar-refractivity contribution is 9.10. The first kappa shape index (κ1) is 14.1. The molecule has 2 heterocycles. The maximum Gasteiger partial charge on any atom is 0.134 e. The zero-order valence-electron chi connectivity index (χ0n) is 11.7. The first-order chi connectivity index (χ1) is 9.72. The Bertz CT molecular complexity index is 575. The van der Waals surface area contributed by atoms with Crippen molar-refractivity contribution >= 4 is 26.9 Å². The minimum Gasteiger partial charge on any atom is -0.459 e. The molecular formula is C16H20BrNO2. The minimum absolute atomic E-state index is 0.240. The van der Waals surface area contributed by atoms with E-state index in [1.54, 1.807) is 0 Å². The van der Waals surface area contributed by atoms with Crippen molar-refractivity contribution in [1.82, 2.24) is 5.32 Å². The van der Waals surface area contributed by atoms with Crippen molar-refractivity contribution in [1.29, 1.82) is 0 Å². The summed E-state index contributed by atoms with van der Waals surface area (Å²) >= 11 is 3.49. The second kappa shape index (κ2) is 6.29. The predicted octanol–water partition coefficient (Wildman–Crippen LogP) is 4.27. The number of hydrogen-bond acceptors (Lipinski definition) is 3. The smallest absolute Gasteiger partial charge is 0.134 e. The molecule has 0 radical (unpaired) electrons. The molecule has 1 N–H and O–H groups in total. The van der Waals surface area contributed by atoms with Gasteiger partial charge in [0.25, 0.3) is 0 Å². The van der Waals surface area contributed by atoms with E-state index in [2.05, 4.69) is 40.3 Å². The SMILES string of the molecule is CC(NCC1CCOCC1)c1cc2cc(Br)ccc2o1. The molecule has 1 aromatic carbocycles. The van der Waals surface area contributed by atoms with Crippen molar-refractivity contribution in [2.75, 3.05) is 19.8 Å². The Morgan fingerprint density at radius 3 is 2.90 bits per heavy atom. The van der Waals surface area contributed by atoms with Crippen molar-refractivity contribution < 1.29 is 9.15 Å². The molecule has 1 fully saturated rings. The fourth-order valence-electron chi connectivity index (χ4n) is 2.64. The standard InChI is InChI=1S/C16H20BrNO2/c1-11(18-10-12-4-6-19-7-5-12)16-9-13-8-14(17)2-3-15(13)20-16/h2-3,8-9,11-12,18H,4-7,10H2,1H3. The van der Waals surface area contributed by atoms with E-state index in [0.29, 0.717) is 0 Å². The zero-order valence-corrected chi connectivity index (χ0v) is 13.3. The molecule has 0 saturated carbocycles. The Morgan fingerprint density at radius 2 is 2.10 bits per heavy atom. The van der Waals surface area contributed by atoms with Crippen molar-refractivity contribution in [2.45, 2.75) is 25.8 Å². The van der Waals surface area contributed by atoms with Gasteiger partial charge in [-0.2, -0.15) is 0 Å². The molecule has 0 bridgehead atoms. The lowest BCUT2D eigenvalue weighted by atomic mass is 10.00.